The van der Waals surface area contributed by atoms with Crippen molar-refractivity contribution in [1.29, 1.82) is 0 Å². The molecular weight excluding hydrogens is 733 g/mol. The topological polar surface area (TPSA) is 159 Å². The highest BCUT2D eigenvalue weighted by atomic mass is 16.5. The largest absolute Gasteiger partial charge is 0.480 e. The first-order chi connectivity index (χ1) is 28.1. The van der Waals surface area contributed by atoms with E-state index in [4.69, 9.17) is 4.74 Å². The summed E-state index contributed by atoms with van der Waals surface area (Å²) in [4.78, 5) is 62.9. The molecule has 2 atom stereocenters. The van der Waals surface area contributed by atoms with Crippen molar-refractivity contribution in [2.45, 2.75) is 109 Å². The number of amides is 1. The van der Waals surface area contributed by atoms with E-state index in [1.54, 1.807) is 19.3 Å². The monoisotopic (exact) mass is 786 g/mol. The van der Waals surface area contributed by atoms with E-state index in [1.165, 1.54) is 0 Å². The Morgan fingerprint density at radius 2 is 1.50 bits per heavy atom. The second-order valence-electron chi connectivity index (χ2n) is 16.2. The van der Waals surface area contributed by atoms with Gasteiger partial charge in [-0.15, -0.1) is 0 Å². The number of carboxylic acid groups (broad SMARTS) is 1. The highest BCUT2D eigenvalue weighted by Crippen LogP contribution is 2.43. The van der Waals surface area contributed by atoms with E-state index in [-0.39, 0.29) is 31.3 Å². The number of hydrogen-bond donors (Lipinski definition) is 3. The Balaban J connectivity index is 1.05. The number of carbonyl (C=O) groups is 4. The molecule has 1 amide bonds. The lowest BCUT2D eigenvalue weighted by Crippen LogP contribution is -2.44. The van der Waals surface area contributed by atoms with Crippen molar-refractivity contribution in [2.24, 2.45) is 5.92 Å². The van der Waals surface area contributed by atoms with Gasteiger partial charge >= 0.3 is 11.9 Å². The molecule has 2 aliphatic carbocycles. The van der Waals surface area contributed by atoms with E-state index in [0.29, 0.717) is 54.7 Å². The number of esters is 1. The summed E-state index contributed by atoms with van der Waals surface area (Å²) in [5.74, 6) is -1.44. The summed E-state index contributed by atoms with van der Waals surface area (Å²) < 4.78 is 5.11. The van der Waals surface area contributed by atoms with Crippen molar-refractivity contribution >= 4 is 29.3 Å². The zero-order valence-corrected chi connectivity index (χ0v) is 33.8. The molecule has 2 aromatic heterocycles. The lowest BCUT2D eigenvalue weighted by Gasteiger charge is -2.33. The summed E-state index contributed by atoms with van der Waals surface area (Å²) in [6.45, 7) is 7.00. The normalized spacial score (nSPS) is 17.4. The van der Waals surface area contributed by atoms with E-state index in [2.05, 4.69) is 15.3 Å². The molecule has 7 rings (SSSR count). The number of piperidine rings is 1. The summed E-state index contributed by atoms with van der Waals surface area (Å²) in [5, 5.41) is 22.7. The first kappa shape index (κ1) is 40.9. The quantitative estimate of drug-likeness (QED) is 0.0714. The minimum atomic E-state index is -0.779. The molecule has 58 heavy (non-hydrogen) atoms. The van der Waals surface area contributed by atoms with Crippen molar-refractivity contribution in [2.75, 3.05) is 25.1 Å². The van der Waals surface area contributed by atoms with Crippen LogP contribution in [0.3, 0.4) is 0 Å². The molecule has 2 saturated carbocycles. The van der Waals surface area contributed by atoms with E-state index in [1.807, 2.05) is 67.3 Å². The predicted molar refractivity (Wildman–Crippen MR) is 221 cm³/mol. The molecule has 11 heteroatoms. The molecule has 3 fully saturated rings. The Bertz CT molecular complexity index is 2190. The Morgan fingerprint density at radius 3 is 2.19 bits per heavy atom. The van der Waals surface area contributed by atoms with Gasteiger partial charge in [0.2, 0.25) is 0 Å². The van der Waals surface area contributed by atoms with Crippen molar-refractivity contribution in [3.63, 3.8) is 0 Å². The third-order valence-corrected chi connectivity index (χ3v) is 12.1. The fourth-order valence-corrected chi connectivity index (χ4v) is 8.40. The van der Waals surface area contributed by atoms with Crippen LogP contribution in [0.5, 0.6) is 0 Å². The standard InChI is InChI=1S/C47H54N4O7/c1-4-58-47(57)34(27-52)19-18-33-24-49-42(23-38(33)30-14-15-30)45(54)50-40-12-8-11-37(29(40)3)36-10-7-9-32(28(36)2)21-44(53)41-22-39(31-16-17-31)35(25-48-41)26-51-20-6-5-13-43(51)46(55)56/h7-12,22-25,30-31,34,43,52H,4-6,13-21,26-27H2,1-3H3,(H,50,54)(H,55,56)/t34-,43+/m1/s1. The summed E-state index contributed by atoms with van der Waals surface area (Å²) in [7, 11) is 0. The zero-order chi connectivity index (χ0) is 40.9. The molecule has 4 aromatic rings. The number of Topliss-reactive ketones (excluding diaryl/α,β-unsaturated/α-hetero) is 1. The van der Waals surface area contributed by atoms with E-state index in [0.717, 1.165) is 95.1 Å². The molecule has 0 radical (unpaired) electrons. The average Bonchev–Trinajstić information content (AvgIpc) is 4.16. The van der Waals surface area contributed by atoms with Crippen LogP contribution in [0, 0.1) is 19.8 Å². The number of carboxylic acids is 1. The Hall–Kier alpha value is -5.26. The molecular formula is C47H54N4O7. The third kappa shape index (κ3) is 9.37. The maximum Gasteiger partial charge on any atom is 0.320 e. The van der Waals surface area contributed by atoms with Gasteiger partial charge in [0.25, 0.3) is 5.91 Å². The number of likely N-dealkylation sites (tertiary alicyclic amines) is 1. The fourth-order valence-electron chi connectivity index (χ4n) is 8.40. The first-order valence-corrected chi connectivity index (χ1v) is 20.8. The van der Waals surface area contributed by atoms with Gasteiger partial charge in [0.1, 0.15) is 17.4 Å². The molecule has 304 valence electrons. The number of aliphatic carboxylic acids is 1. The van der Waals surface area contributed by atoms with Crippen molar-refractivity contribution in [3.05, 3.63) is 111 Å². The summed E-state index contributed by atoms with van der Waals surface area (Å²) in [6.07, 6.45) is 11.4. The molecule has 0 bridgehead atoms. The fraction of sp³-hybridized carbons (Fsp3) is 0.447. The molecule has 3 heterocycles. The number of aliphatic hydroxyl groups is 1. The highest BCUT2D eigenvalue weighted by Gasteiger charge is 2.33. The second kappa shape index (κ2) is 18.1. The maximum absolute atomic E-state index is 13.8. The number of aliphatic hydroxyl groups excluding tert-OH is 1. The smallest absolute Gasteiger partial charge is 0.320 e. The van der Waals surface area contributed by atoms with Crippen LogP contribution in [0.2, 0.25) is 0 Å². The molecule has 3 aliphatic rings. The van der Waals surface area contributed by atoms with Gasteiger partial charge in [0, 0.05) is 31.0 Å². The van der Waals surface area contributed by atoms with E-state index >= 15 is 0 Å². The van der Waals surface area contributed by atoms with Crippen LogP contribution in [0.4, 0.5) is 5.69 Å². The number of hydrogen-bond acceptors (Lipinski definition) is 9. The summed E-state index contributed by atoms with van der Waals surface area (Å²) in [6, 6.07) is 15.1. The maximum atomic E-state index is 13.8. The number of anilines is 1. The number of rotatable bonds is 17. The number of aromatic nitrogens is 2. The van der Waals surface area contributed by atoms with Crippen LogP contribution in [0.25, 0.3) is 11.1 Å². The molecule has 11 nitrogen and oxygen atoms in total. The van der Waals surface area contributed by atoms with Crippen LogP contribution in [-0.2, 0) is 33.7 Å². The Kier molecular flexibility index (Phi) is 12.8. The number of ether oxygens (including phenoxy) is 1. The minimum Gasteiger partial charge on any atom is -0.480 e. The van der Waals surface area contributed by atoms with Gasteiger partial charge in [-0.2, -0.15) is 0 Å². The lowest BCUT2D eigenvalue weighted by molar-refractivity contribution is -0.149. The number of nitrogens with one attached hydrogen (secondary N) is 1. The predicted octanol–water partition coefficient (Wildman–Crippen LogP) is 7.74. The van der Waals surface area contributed by atoms with Gasteiger partial charge < -0.3 is 20.3 Å². The minimum absolute atomic E-state index is 0.0656. The Labute approximate surface area is 340 Å². The Morgan fingerprint density at radius 1 is 0.845 bits per heavy atom. The first-order valence-electron chi connectivity index (χ1n) is 20.8. The van der Waals surface area contributed by atoms with Crippen molar-refractivity contribution in [3.8, 4) is 11.1 Å². The summed E-state index contributed by atoms with van der Waals surface area (Å²) in [5.41, 5.74) is 10.3. The number of carbonyl (C=O) groups excluding carboxylic acids is 3. The van der Waals surface area contributed by atoms with Crippen LogP contribution >= 0.6 is 0 Å². The molecule has 3 N–H and O–H groups in total. The molecule has 0 spiro atoms. The number of aryl methyl sites for hydroxylation is 1. The van der Waals surface area contributed by atoms with Crippen molar-refractivity contribution < 1.29 is 34.1 Å². The molecule has 0 unspecified atom stereocenters. The van der Waals surface area contributed by atoms with Crippen LogP contribution in [0.1, 0.15) is 130 Å². The van der Waals surface area contributed by atoms with Gasteiger partial charge in [-0.1, -0.05) is 36.8 Å². The van der Waals surface area contributed by atoms with Crippen LogP contribution in [-0.4, -0.2) is 74.5 Å². The number of benzene rings is 2. The summed E-state index contributed by atoms with van der Waals surface area (Å²) >= 11 is 0. The van der Waals surface area contributed by atoms with Crippen LogP contribution in [0.15, 0.2) is 60.9 Å². The van der Waals surface area contributed by atoms with Crippen molar-refractivity contribution in [1.82, 2.24) is 14.9 Å². The van der Waals surface area contributed by atoms with Gasteiger partial charge in [0.05, 0.1) is 19.1 Å². The SMILES string of the molecule is CCOC(=O)[C@@H](CO)CCc1cnc(C(=O)Nc2cccc(-c3cccc(CC(=O)c4cc(C5CC5)c(CN5CCCC[C@H]5C(=O)O)cn4)c3C)c2C)cc1C1CC1. The number of ketones is 1. The van der Waals surface area contributed by atoms with Gasteiger partial charge in [0.15, 0.2) is 5.78 Å². The van der Waals surface area contributed by atoms with Gasteiger partial charge in [-0.3, -0.25) is 34.0 Å². The van der Waals surface area contributed by atoms with E-state index in [9.17, 15) is 29.4 Å². The molecule has 1 aliphatic heterocycles. The van der Waals surface area contributed by atoms with Gasteiger partial charge in [-0.25, -0.2) is 0 Å². The zero-order valence-electron chi connectivity index (χ0n) is 33.8. The number of pyridine rings is 2. The number of nitrogens with zero attached hydrogens (tertiary/aromatic N) is 3. The van der Waals surface area contributed by atoms with E-state index < -0.39 is 23.9 Å². The average molecular weight is 787 g/mol. The third-order valence-electron chi connectivity index (χ3n) is 12.1. The van der Waals surface area contributed by atoms with Crippen LogP contribution < -0.4 is 5.32 Å². The lowest BCUT2D eigenvalue weighted by atomic mass is 9.90. The molecule has 1 saturated heterocycles. The molecule has 2 aromatic carbocycles. The highest BCUT2D eigenvalue weighted by molar-refractivity contribution is 6.04. The van der Waals surface area contributed by atoms with Gasteiger partial charge in [-0.05, 0) is 159 Å². The second-order valence-corrected chi connectivity index (χ2v) is 16.2.